The topological polar surface area (TPSA) is 75.6 Å². The van der Waals surface area contributed by atoms with E-state index in [4.69, 9.17) is 5.11 Å². The number of carbonyl (C=O) groups is 2. The summed E-state index contributed by atoms with van der Waals surface area (Å²) in [5, 5.41) is 11.3. The van der Waals surface area contributed by atoms with E-state index in [9.17, 15) is 22.8 Å². The minimum absolute atomic E-state index is 0.138. The first kappa shape index (κ1) is 18.7. The maximum Gasteiger partial charge on any atom is 0.411 e. The minimum atomic E-state index is -4.49. The van der Waals surface area contributed by atoms with Gasteiger partial charge in [0.1, 0.15) is 13.2 Å². The van der Waals surface area contributed by atoms with Crippen LogP contribution in [0.2, 0.25) is 0 Å². The van der Waals surface area contributed by atoms with Crippen LogP contribution in [0.1, 0.15) is 27.2 Å². The van der Waals surface area contributed by atoms with Crippen molar-refractivity contribution in [3.8, 4) is 0 Å². The number of carboxylic acid groups (broad SMARTS) is 1. The van der Waals surface area contributed by atoms with E-state index < -0.39 is 37.2 Å². The summed E-state index contributed by atoms with van der Waals surface area (Å²) in [6.07, 6.45) is -4.15. The summed E-state index contributed by atoms with van der Waals surface area (Å²) in [6.45, 7) is 3.18. The van der Waals surface area contributed by atoms with Crippen LogP contribution in [0.25, 0.3) is 0 Å². The molecule has 2 N–H and O–H groups in total. The van der Waals surface area contributed by atoms with Gasteiger partial charge in [0.2, 0.25) is 5.91 Å². The summed E-state index contributed by atoms with van der Waals surface area (Å²) in [5.41, 5.74) is -0.236. The van der Waals surface area contributed by atoms with E-state index in [-0.39, 0.29) is 12.0 Å². The maximum atomic E-state index is 11.8. The van der Waals surface area contributed by atoms with E-state index in [1.165, 1.54) is 0 Å². The minimum Gasteiger partial charge on any atom is -0.481 e. The summed E-state index contributed by atoms with van der Waals surface area (Å²) in [7, 11) is 0. The van der Waals surface area contributed by atoms with Crippen molar-refractivity contribution < 1.29 is 32.6 Å². The highest BCUT2D eigenvalue weighted by Gasteiger charge is 2.28. The second-order valence-electron chi connectivity index (χ2n) is 5.71. The fourth-order valence-electron chi connectivity index (χ4n) is 1.53. The van der Waals surface area contributed by atoms with Gasteiger partial charge in [-0.1, -0.05) is 20.8 Å². The Morgan fingerprint density at radius 2 is 1.80 bits per heavy atom. The van der Waals surface area contributed by atoms with Crippen LogP contribution in [0.5, 0.6) is 0 Å². The molecule has 0 aliphatic carbocycles. The summed E-state index contributed by atoms with van der Waals surface area (Å²) in [6, 6.07) is 0. The molecular weight excluding hydrogens is 279 g/mol. The first-order valence-corrected chi connectivity index (χ1v) is 6.05. The molecule has 1 amide bonds. The van der Waals surface area contributed by atoms with Gasteiger partial charge >= 0.3 is 12.1 Å². The van der Waals surface area contributed by atoms with Gasteiger partial charge in [0.15, 0.2) is 0 Å². The molecule has 1 atom stereocenters. The SMILES string of the molecule is CC(C)(C)CC(CNC(=O)COCC(F)(F)F)C(=O)O. The predicted octanol–water partition coefficient (Wildman–Crippen LogP) is 1.82. The highest BCUT2D eigenvalue weighted by atomic mass is 19.4. The first-order chi connectivity index (χ1) is 8.91. The van der Waals surface area contributed by atoms with Crippen molar-refractivity contribution in [3.05, 3.63) is 0 Å². The Morgan fingerprint density at radius 3 is 2.20 bits per heavy atom. The van der Waals surface area contributed by atoms with Crippen LogP contribution in [0.3, 0.4) is 0 Å². The number of rotatable bonds is 7. The van der Waals surface area contributed by atoms with Crippen LogP contribution in [0.15, 0.2) is 0 Å². The molecule has 0 saturated heterocycles. The Hall–Kier alpha value is -1.31. The van der Waals surface area contributed by atoms with Gasteiger partial charge < -0.3 is 15.2 Å². The first-order valence-electron chi connectivity index (χ1n) is 6.05. The molecule has 0 heterocycles. The number of carboxylic acids is 1. The quantitative estimate of drug-likeness (QED) is 0.752. The number of carbonyl (C=O) groups excluding carboxylic acids is 1. The molecule has 118 valence electrons. The zero-order valence-electron chi connectivity index (χ0n) is 11.7. The molecular formula is C12H20F3NO4. The molecule has 1 unspecified atom stereocenters. The second-order valence-corrected chi connectivity index (χ2v) is 5.71. The van der Waals surface area contributed by atoms with Crippen molar-refractivity contribution in [2.24, 2.45) is 11.3 Å². The van der Waals surface area contributed by atoms with E-state index in [2.05, 4.69) is 10.1 Å². The third kappa shape index (κ3) is 10.6. The van der Waals surface area contributed by atoms with Crippen molar-refractivity contribution in [1.82, 2.24) is 5.32 Å². The van der Waals surface area contributed by atoms with Gasteiger partial charge in [-0.15, -0.1) is 0 Å². The van der Waals surface area contributed by atoms with Crippen LogP contribution in [0, 0.1) is 11.3 Å². The van der Waals surface area contributed by atoms with Gasteiger partial charge in [-0.3, -0.25) is 9.59 Å². The zero-order chi connectivity index (χ0) is 16.0. The summed E-state index contributed by atoms with van der Waals surface area (Å²) in [4.78, 5) is 22.2. The smallest absolute Gasteiger partial charge is 0.411 e. The number of aliphatic carboxylic acids is 1. The van der Waals surface area contributed by atoms with Gasteiger partial charge in [-0.25, -0.2) is 0 Å². The lowest BCUT2D eigenvalue weighted by atomic mass is 9.84. The lowest BCUT2D eigenvalue weighted by molar-refractivity contribution is -0.175. The molecule has 8 heteroatoms. The average Bonchev–Trinajstić information content (AvgIpc) is 2.20. The second kappa shape index (κ2) is 7.47. The Kier molecular flexibility index (Phi) is 6.98. The molecule has 0 aromatic heterocycles. The van der Waals surface area contributed by atoms with Crippen molar-refractivity contribution in [2.45, 2.75) is 33.4 Å². The van der Waals surface area contributed by atoms with Crippen molar-refractivity contribution >= 4 is 11.9 Å². The van der Waals surface area contributed by atoms with E-state index in [0.717, 1.165) is 0 Å². The molecule has 0 fully saturated rings. The van der Waals surface area contributed by atoms with Crippen LogP contribution < -0.4 is 5.32 Å². The zero-order valence-corrected chi connectivity index (χ0v) is 11.7. The molecule has 0 spiro atoms. The van der Waals surface area contributed by atoms with Crippen LogP contribution in [-0.2, 0) is 14.3 Å². The Labute approximate surface area is 115 Å². The monoisotopic (exact) mass is 299 g/mol. The molecule has 0 aliphatic heterocycles. The fourth-order valence-corrected chi connectivity index (χ4v) is 1.53. The molecule has 5 nitrogen and oxygen atoms in total. The number of amides is 1. The van der Waals surface area contributed by atoms with E-state index in [0.29, 0.717) is 6.42 Å². The van der Waals surface area contributed by atoms with Gasteiger partial charge in [0, 0.05) is 6.54 Å². The standard InChI is InChI=1S/C12H20F3NO4/c1-11(2,3)4-8(10(18)19)5-16-9(17)6-20-7-12(13,14)15/h8H,4-7H2,1-3H3,(H,16,17)(H,18,19). The number of alkyl halides is 3. The van der Waals surface area contributed by atoms with Gasteiger partial charge in [0.05, 0.1) is 5.92 Å². The highest BCUT2D eigenvalue weighted by molar-refractivity contribution is 5.78. The lowest BCUT2D eigenvalue weighted by Crippen LogP contribution is -2.37. The molecule has 0 rings (SSSR count). The number of hydrogen-bond donors (Lipinski definition) is 2. The van der Waals surface area contributed by atoms with E-state index >= 15 is 0 Å². The molecule has 0 aromatic carbocycles. The van der Waals surface area contributed by atoms with E-state index in [1.807, 2.05) is 20.8 Å². The molecule has 0 saturated carbocycles. The van der Waals surface area contributed by atoms with Crippen LogP contribution >= 0.6 is 0 Å². The Balaban J connectivity index is 4.10. The normalized spacial score (nSPS) is 13.9. The van der Waals surface area contributed by atoms with Crippen LogP contribution in [0.4, 0.5) is 13.2 Å². The molecule has 0 aromatic rings. The van der Waals surface area contributed by atoms with Crippen molar-refractivity contribution in [1.29, 1.82) is 0 Å². The van der Waals surface area contributed by atoms with Crippen molar-refractivity contribution in [2.75, 3.05) is 19.8 Å². The van der Waals surface area contributed by atoms with Gasteiger partial charge in [-0.2, -0.15) is 13.2 Å². The Bertz CT molecular complexity index is 337. The molecule has 20 heavy (non-hydrogen) atoms. The third-order valence-corrected chi connectivity index (χ3v) is 2.25. The van der Waals surface area contributed by atoms with Crippen LogP contribution in [-0.4, -0.2) is 42.9 Å². The average molecular weight is 299 g/mol. The van der Waals surface area contributed by atoms with Gasteiger partial charge in [0.25, 0.3) is 0 Å². The largest absolute Gasteiger partial charge is 0.481 e. The predicted molar refractivity (Wildman–Crippen MR) is 65.1 cm³/mol. The molecule has 0 bridgehead atoms. The number of ether oxygens (including phenoxy) is 1. The number of nitrogens with one attached hydrogen (secondary N) is 1. The number of halogens is 3. The number of hydrogen-bond acceptors (Lipinski definition) is 3. The summed E-state index contributed by atoms with van der Waals surface area (Å²) in [5.74, 6) is -2.62. The van der Waals surface area contributed by atoms with Crippen molar-refractivity contribution in [3.63, 3.8) is 0 Å². The highest BCUT2D eigenvalue weighted by Crippen LogP contribution is 2.24. The summed E-state index contributed by atoms with van der Waals surface area (Å²) >= 11 is 0. The third-order valence-electron chi connectivity index (χ3n) is 2.25. The molecule has 0 aliphatic rings. The van der Waals surface area contributed by atoms with E-state index in [1.54, 1.807) is 0 Å². The maximum absolute atomic E-state index is 11.8. The fraction of sp³-hybridized carbons (Fsp3) is 0.833. The lowest BCUT2D eigenvalue weighted by Gasteiger charge is -2.23. The summed E-state index contributed by atoms with van der Waals surface area (Å²) < 4.78 is 39.5. The van der Waals surface area contributed by atoms with Gasteiger partial charge in [-0.05, 0) is 11.8 Å². The Morgan fingerprint density at radius 1 is 1.25 bits per heavy atom. The molecule has 0 radical (unpaired) electrons.